The molecule has 2 aromatic rings. The second kappa shape index (κ2) is 6.62. The van der Waals surface area contributed by atoms with Crippen LogP contribution in [0.25, 0.3) is 0 Å². The molecule has 0 fully saturated rings. The second-order valence-electron chi connectivity index (χ2n) is 4.39. The van der Waals surface area contributed by atoms with Crippen LogP contribution in [-0.4, -0.2) is 21.6 Å². The van der Waals surface area contributed by atoms with Gasteiger partial charge in [0.25, 0.3) is 0 Å². The lowest BCUT2D eigenvalue weighted by Crippen LogP contribution is -2.15. The molecule has 0 bridgehead atoms. The maximum Gasteiger partial charge on any atom is 0.234 e. The van der Waals surface area contributed by atoms with E-state index in [1.54, 1.807) is 0 Å². The van der Waals surface area contributed by atoms with Crippen molar-refractivity contribution in [2.24, 2.45) is 0 Å². The van der Waals surface area contributed by atoms with E-state index in [-0.39, 0.29) is 11.4 Å². The Labute approximate surface area is 125 Å². The van der Waals surface area contributed by atoms with Gasteiger partial charge in [0, 0.05) is 17.5 Å². The first-order chi connectivity index (χ1) is 9.94. The average Bonchev–Trinajstić information content (AvgIpc) is 2.39. The van der Waals surface area contributed by atoms with E-state index in [1.165, 1.54) is 6.07 Å². The fraction of sp³-hybridized carbons (Fsp3) is 0.214. The van der Waals surface area contributed by atoms with Gasteiger partial charge in [-0.15, -0.1) is 0 Å². The summed E-state index contributed by atoms with van der Waals surface area (Å²) in [7, 11) is 0. The van der Waals surface area contributed by atoms with Crippen molar-refractivity contribution < 1.29 is 13.6 Å². The third-order valence-electron chi connectivity index (χ3n) is 2.50. The van der Waals surface area contributed by atoms with E-state index in [4.69, 9.17) is 0 Å². The number of halogens is 2. The molecule has 7 heteroatoms. The topological polar surface area (TPSA) is 54.9 Å². The number of carbonyl (C=O) groups excluding carboxylic acids is 1. The number of hydrogen-bond donors (Lipinski definition) is 1. The van der Waals surface area contributed by atoms with Crippen LogP contribution in [0.15, 0.2) is 29.4 Å². The molecule has 0 spiro atoms. The van der Waals surface area contributed by atoms with E-state index in [1.807, 2.05) is 19.9 Å². The van der Waals surface area contributed by atoms with Crippen LogP contribution in [0.5, 0.6) is 0 Å². The zero-order chi connectivity index (χ0) is 15.4. The summed E-state index contributed by atoms with van der Waals surface area (Å²) in [4.78, 5) is 20.1. The Morgan fingerprint density at radius 2 is 1.86 bits per heavy atom. The monoisotopic (exact) mass is 309 g/mol. The van der Waals surface area contributed by atoms with Crippen molar-refractivity contribution in [2.45, 2.75) is 19.0 Å². The number of carbonyl (C=O) groups is 1. The molecule has 0 unspecified atom stereocenters. The lowest BCUT2D eigenvalue weighted by atomic mass is 10.3. The molecule has 0 aliphatic heterocycles. The summed E-state index contributed by atoms with van der Waals surface area (Å²) < 4.78 is 26.2. The molecule has 1 N–H and O–H groups in total. The number of nitrogens with zero attached hydrogens (tertiary/aromatic N) is 2. The van der Waals surface area contributed by atoms with Crippen LogP contribution in [0, 0.1) is 25.5 Å². The molecule has 4 nitrogen and oxygen atoms in total. The molecular weight excluding hydrogens is 296 g/mol. The molecule has 1 aromatic carbocycles. The highest BCUT2D eigenvalue weighted by molar-refractivity contribution is 7.99. The number of aryl methyl sites for hydroxylation is 2. The van der Waals surface area contributed by atoms with E-state index in [2.05, 4.69) is 15.3 Å². The maximum atomic E-state index is 13.4. The van der Waals surface area contributed by atoms with Gasteiger partial charge in [-0.3, -0.25) is 4.79 Å². The number of thioether (sulfide) groups is 1. The fourth-order valence-corrected chi connectivity index (χ4v) is 2.41. The number of nitrogens with one attached hydrogen (secondary N) is 1. The number of rotatable bonds is 4. The average molecular weight is 309 g/mol. The van der Waals surface area contributed by atoms with Crippen LogP contribution in [-0.2, 0) is 4.79 Å². The Hall–Kier alpha value is -2.02. The highest BCUT2D eigenvalue weighted by Gasteiger charge is 2.10. The third kappa shape index (κ3) is 4.49. The van der Waals surface area contributed by atoms with E-state index in [0.717, 1.165) is 35.3 Å². The minimum atomic E-state index is -0.809. The van der Waals surface area contributed by atoms with Gasteiger partial charge in [-0.2, -0.15) is 0 Å². The zero-order valence-electron chi connectivity index (χ0n) is 11.5. The van der Waals surface area contributed by atoms with Crippen molar-refractivity contribution >= 4 is 23.4 Å². The first kappa shape index (κ1) is 15.4. The van der Waals surface area contributed by atoms with Crippen LogP contribution in [0.4, 0.5) is 14.5 Å². The molecule has 2 rings (SSSR count). The standard InChI is InChI=1S/C14H13F2N3OS/c1-8-5-9(2)18-14(17-8)21-7-13(20)19-12-4-3-10(15)6-11(12)16/h3-6H,7H2,1-2H3,(H,19,20). The van der Waals surface area contributed by atoms with Crippen LogP contribution in [0.2, 0.25) is 0 Å². The molecule has 0 aliphatic rings. The molecule has 0 saturated carbocycles. The normalized spacial score (nSPS) is 10.5. The molecule has 1 heterocycles. The van der Waals surface area contributed by atoms with Gasteiger partial charge in [-0.05, 0) is 32.0 Å². The van der Waals surface area contributed by atoms with Gasteiger partial charge in [0.1, 0.15) is 11.6 Å². The second-order valence-corrected chi connectivity index (χ2v) is 5.34. The predicted molar refractivity (Wildman–Crippen MR) is 77.2 cm³/mol. The van der Waals surface area contributed by atoms with Crippen LogP contribution >= 0.6 is 11.8 Å². The summed E-state index contributed by atoms with van der Waals surface area (Å²) in [6.45, 7) is 3.68. The van der Waals surface area contributed by atoms with Crippen LogP contribution < -0.4 is 5.32 Å². The Balaban J connectivity index is 1.95. The van der Waals surface area contributed by atoms with Gasteiger partial charge in [0.05, 0.1) is 11.4 Å². The fourth-order valence-electron chi connectivity index (χ4n) is 1.67. The summed E-state index contributed by atoms with van der Waals surface area (Å²) in [6.07, 6.45) is 0. The Kier molecular flexibility index (Phi) is 4.85. The van der Waals surface area contributed by atoms with Crippen LogP contribution in [0.3, 0.4) is 0 Å². The Bertz CT molecular complexity index is 659. The van der Waals surface area contributed by atoms with E-state index in [0.29, 0.717) is 5.16 Å². The number of benzene rings is 1. The molecule has 21 heavy (non-hydrogen) atoms. The summed E-state index contributed by atoms with van der Waals surface area (Å²) >= 11 is 1.15. The van der Waals surface area contributed by atoms with Crippen molar-refractivity contribution in [1.29, 1.82) is 0 Å². The van der Waals surface area contributed by atoms with Gasteiger partial charge in [-0.1, -0.05) is 11.8 Å². The molecular formula is C14H13F2N3OS. The molecule has 1 amide bonds. The zero-order valence-corrected chi connectivity index (χ0v) is 12.3. The smallest absolute Gasteiger partial charge is 0.234 e. The highest BCUT2D eigenvalue weighted by Crippen LogP contribution is 2.17. The first-order valence-corrected chi connectivity index (χ1v) is 7.12. The SMILES string of the molecule is Cc1cc(C)nc(SCC(=O)Nc2ccc(F)cc2F)n1. The Morgan fingerprint density at radius 3 is 2.48 bits per heavy atom. The van der Waals surface area contributed by atoms with E-state index < -0.39 is 17.5 Å². The summed E-state index contributed by atoms with van der Waals surface area (Å²) in [5.41, 5.74) is 1.58. The van der Waals surface area contributed by atoms with Gasteiger partial charge in [0.15, 0.2) is 5.16 Å². The van der Waals surface area contributed by atoms with E-state index in [9.17, 15) is 13.6 Å². The summed E-state index contributed by atoms with van der Waals surface area (Å²) in [6, 6.07) is 4.81. The molecule has 1 aromatic heterocycles. The number of anilines is 1. The first-order valence-electron chi connectivity index (χ1n) is 6.14. The molecule has 0 radical (unpaired) electrons. The van der Waals surface area contributed by atoms with E-state index >= 15 is 0 Å². The van der Waals surface area contributed by atoms with Gasteiger partial charge in [-0.25, -0.2) is 18.7 Å². The lowest BCUT2D eigenvalue weighted by molar-refractivity contribution is -0.113. The number of aromatic nitrogens is 2. The van der Waals surface area contributed by atoms with Gasteiger partial charge >= 0.3 is 0 Å². The number of amides is 1. The predicted octanol–water partition coefficient (Wildman–Crippen LogP) is 3.10. The van der Waals surface area contributed by atoms with Crippen molar-refractivity contribution in [1.82, 2.24) is 9.97 Å². The number of hydrogen-bond acceptors (Lipinski definition) is 4. The molecule has 110 valence electrons. The van der Waals surface area contributed by atoms with Crippen molar-refractivity contribution in [3.05, 3.63) is 47.3 Å². The van der Waals surface area contributed by atoms with Gasteiger partial charge < -0.3 is 5.32 Å². The highest BCUT2D eigenvalue weighted by atomic mass is 32.2. The third-order valence-corrected chi connectivity index (χ3v) is 3.35. The lowest BCUT2D eigenvalue weighted by Gasteiger charge is -2.06. The summed E-state index contributed by atoms with van der Waals surface area (Å²) in [5.74, 6) is -1.87. The van der Waals surface area contributed by atoms with Crippen molar-refractivity contribution in [3.8, 4) is 0 Å². The minimum Gasteiger partial charge on any atom is -0.323 e. The summed E-state index contributed by atoms with van der Waals surface area (Å²) in [5, 5.41) is 2.87. The maximum absolute atomic E-state index is 13.4. The minimum absolute atomic E-state index is 0.0414. The van der Waals surface area contributed by atoms with Crippen molar-refractivity contribution in [2.75, 3.05) is 11.1 Å². The van der Waals surface area contributed by atoms with Gasteiger partial charge in [0.2, 0.25) is 5.91 Å². The Morgan fingerprint density at radius 1 is 1.19 bits per heavy atom. The van der Waals surface area contributed by atoms with Crippen LogP contribution in [0.1, 0.15) is 11.4 Å². The molecule has 0 saturated heterocycles. The molecule has 0 atom stereocenters. The molecule has 0 aliphatic carbocycles. The largest absolute Gasteiger partial charge is 0.323 e. The van der Waals surface area contributed by atoms with Crippen molar-refractivity contribution in [3.63, 3.8) is 0 Å². The quantitative estimate of drug-likeness (QED) is 0.696.